The molecule has 27 heavy (non-hydrogen) atoms. The lowest BCUT2D eigenvalue weighted by molar-refractivity contribution is -0.129. The number of hydrogen-bond donors (Lipinski definition) is 0. The Kier molecular flexibility index (Phi) is 4.90. The van der Waals surface area contributed by atoms with Gasteiger partial charge >= 0.3 is 0 Å². The average molecular weight is 401 g/mol. The molecule has 2 aliphatic carbocycles. The molecule has 0 amide bonds. The molecule has 2 nitrogen and oxygen atoms in total. The smallest absolute Gasteiger partial charge is 0.154 e. The van der Waals surface area contributed by atoms with E-state index in [0.29, 0.717) is 16.5 Å². The lowest BCUT2D eigenvalue weighted by Crippen LogP contribution is -2.30. The summed E-state index contributed by atoms with van der Waals surface area (Å²) >= 11 is 12.4. The summed E-state index contributed by atoms with van der Waals surface area (Å²) < 4.78 is 0. The topological polar surface area (TPSA) is 34.1 Å². The fraction of sp³-hybridized carbons (Fsp3) is 0.391. The van der Waals surface area contributed by atoms with Gasteiger partial charge < -0.3 is 0 Å². The maximum atomic E-state index is 13.3. The van der Waals surface area contributed by atoms with E-state index in [-0.39, 0.29) is 11.6 Å². The standard InChI is InChI=1S/C23H22Cl2O2/c1-14-5-6-15(17-8-7-16(24)12-19(17)25)11-18(14)21-20(26)13-23(22(21)27)9-3-2-4-10-23/h5-8,11-12,21H,2-4,9-10,13H2,1H3. The minimum Gasteiger partial charge on any atom is -0.298 e. The number of hydrogen-bond acceptors (Lipinski definition) is 2. The highest BCUT2D eigenvalue weighted by Gasteiger charge is 2.53. The summed E-state index contributed by atoms with van der Waals surface area (Å²) in [6.07, 6.45) is 5.38. The van der Waals surface area contributed by atoms with Crippen LogP contribution in [-0.2, 0) is 9.59 Å². The molecule has 2 aromatic carbocycles. The number of aryl methyl sites for hydroxylation is 1. The van der Waals surface area contributed by atoms with Gasteiger partial charge in [0, 0.05) is 27.4 Å². The van der Waals surface area contributed by atoms with Crippen LogP contribution in [0.25, 0.3) is 11.1 Å². The summed E-state index contributed by atoms with van der Waals surface area (Å²) in [4.78, 5) is 26.2. The van der Waals surface area contributed by atoms with Gasteiger partial charge in [-0.15, -0.1) is 0 Å². The van der Waals surface area contributed by atoms with E-state index >= 15 is 0 Å². The van der Waals surface area contributed by atoms with E-state index in [1.807, 2.05) is 31.2 Å². The van der Waals surface area contributed by atoms with Gasteiger partial charge in [-0.3, -0.25) is 9.59 Å². The third-order valence-electron chi connectivity index (χ3n) is 6.26. The van der Waals surface area contributed by atoms with Gasteiger partial charge in [-0.25, -0.2) is 0 Å². The Morgan fingerprint density at radius 3 is 2.41 bits per heavy atom. The second-order valence-corrected chi connectivity index (χ2v) is 8.82. The van der Waals surface area contributed by atoms with E-state index in [1.165, 1.54) is 0 Å². The molecule has 2 saturated carbocycles. The first-order chi connectivity index (χ1) is 12.9. The Morgan fingerprint density at radius 2 is 1.70 bits per heavy atom. The van der Waals surface area contributed by atoms with Crippen LogP contribution in [0.1, 0.15) is 55.6 Å². The van der Waals surface area contributed by atoms with Gasteiger partial charge in [0.25, 0.3) is 0 Å². The SMILES string of the molecule is Cc1ccc(-c2ccc(Cl)cc2Cl)cc1C1C(=O)CC2(CCCCC2)C1=O. The Morgan fingerprint density at radius 1 is 0.963 bits per heavy atom. The van der Waals surface area contributed by atoms with E-state index in [1.54, 1.807) is 12.1 Å². The Balaban J connectivity index is 1.75. The van der Waals surface area contributed by atoms with Crippen molar-refractivity contribution in [2.24, 2.45) is 5.41 Å². The lowest BCUT2D eigenvalue weighted by Gasteiger charge is -2.31. The van der Waals surface area contributed by atoms with Gasteiger partial charge in [-0.05, 0) is 54.7 Å². The number of halogens is 2. The van der Waals surface area contributed by atoms with Crippen molar-refractivity contribution in [2.75, 3.05) is 0 Å². The molecule has 0 bridgehead atoms. The lowest BCUT2D eigenvalue weighted by atomic mass is 9.71. The van der Waals surface area contributed by atoms with Crippen LogP contribution in [0, 0.1) is 12.3 Å². The van der Waals surface area contributed by atoms with E-state index < -0.39 is 11.3 Å². The van der Waals surface area contributed by atoms with Crippen LogP contribution in [0.15, 0.2) is 36.4 Å². The molecule has 2 aliphatic rings. The minimum atomic E-state index is -0.630. The molecule has 2 fully saturated rings. The first kappa shape index (κ1) is 18.7. The summed E-state index contributed by atoms with van der Waals surface area (Å²) in [6.45, 7) is 1.97. The van der Waals surface area contributed by atoms with Crippen molar-refractivity contribution >= 4 is 34.8 Å². The molecule has 1 atom stereocenters. The van der Waals surface area contributed by atoms with E-state index in [0.717, 1.165) is 54.4 Å². The van der Waals surface area contributed by atoms with Crippen LogP contribution in [0.3, 0.4) is 0 Å². The summed E-state index contributed by atoms with van der Waals surface area (Å²) in [5.74, 6) is -0.423. The average Bonchev–Trinajstić information content (AvgIpc) is 2.86. The molecule has 1 spiro atoms. The fourth-order valence-corrected chi connectivity index (χ4v) is 5.30. The Bertz CT molecular complexity index is 926. The fourth-order valence-electron chi connectivity index (χ4n) is 4.78. The number of Topliss-reactive ketones (excluding diaryl/α,β-unsaturated/α-hetero) is 2. The molecule has 2 aromatic rings. The van der Waals surface area contributed by atoms with Crippen molar-refractivity contribution in [2.45, 2.75) is 51.4 Å². The highest BCUT2D eigenvalue weighted by atomic mass is 35.5. The zero-order chi connectivity index (χ0) is 19.2. The molecular formula is C23H22Cl2O2. The van der Waals surface area contributed by atoms with Gasteiger partial charge in [0.1, 0.15) is 11.7 Å². The highest BCUT2D eigenvalue weighted by molar-refractivity contribution is 6.36. The van der Waals surface area contributed by atoms with Crippen LogP contribution in [0.5, 0.6) is 0 Å². The van der Waals surface area contributed by atoms with E-state index in [2.05, 4.69) is 0 Å². The second kappa shape index (κ2) is 7.07. The first-order valence-electron chi connectivity index (χ1n) is 9.54. The summed E-state index contributed by atoms with van der Waals surface area (Å²) in [5.41, 5.74) is 3.15. The van der Waals surface area contributed by atoms with E-state index in [4.69, 9.17) is 23.2 Å². The highest BCUT2D eigenvalue weighted by Crippen LogP contribution is 2.50. The molecule has 0 aromatic heterocycles. The third-order valence-corrected chi connectivity index (χ3v) is 6.81. The quantitative estimate of drug-likeness (QED) is 0.535. The summed E-state index contributed by atoms with van der Waals surface area (Å²) in [6, 6.07) is 11.3. The monoisotopic (exact) mass is 400 g/mol. The van der Waals surface area contributed by atoms with Crippen LogP contribution < -0.4 is 0 Å². The van der Waals surface area contributed by atoms with Crippen molar-refractivity contribution in [3.8, 4) is 11.1 Å². The zero-order valence-corrected chi connectivity index (χ0v) is 16.9. The van der Waals surface area contributed by atoms with Crippen LogP contribution in [-0.4, -0.2) is 11.6 Å². The number of carbonyl (C=O) groups is 2. The largest absolute Gasteiger partial charge is 0.298 e. The zero-order valence-electron chi connectivity index (χ0n) is 15.4. The second-order valence-electron chi connectivity index (χ2n) is 7.98. The van der Waals surface area contributed by atoms with Crippen molar-refractivity contribution in [1.82, 2.24) is 0 Å². The predicted octanol–water partition coefficient (Wildman–Crippen LogP) is 6.54. The maximum Gasteiger partial charge on any atom is 0.154 e. The van der Waals surface area contributed by atoms with E-state index in [9.17, 15) is 9.59 Å². The van der Waals surface area contributed by atoms with Gasteiger partial charge in [-0.1, -0.05) is 60.7 Å². The van der Waals surface area contributed by atoms with Crippen LogP contribution >= 0.6 is 23.2 Å². The van der Waals surface area contributed by atoms with Gasteiger partial charge in [-0.2, -0.15) is 0 Å². The molecule has 140 valence electrons. The van der Waals surface area contributed by atoms with Crippen LogP contribution in [0.2, 0.25) is 10.0 Å². The molecule has 4 rings (SSSR count). The molecule has 0 N–H and O–H groups in total. The number of ketones is 2. The Labute approximate surface area is 169 Å². The maximum absolute atomic E-state index is 13.3. The van der Waals surface area contributed by atoms with Crippen molar-refractivity contribution < 1.29 is 9.59 Å². The number of rotatable bonds is 2. The molecule has 0 aliphatic heterocycles. The third kappa shape index (κ3) is 3.23. The number of benzene rings is 2. The summed E-state index contributed by atoms with van der Waals surface area (Å²) in [7, 11) is 0. The normalized spacial score (nSPS) is 21.8. The molecule has 1 unspecified atom stereocenters. The van der Waals surface area contributed by atoms with Crippen molar-refractivity contribution in [1.29, 1.82) is 0 Å². The number of carbonyl (C=O) groups excluding carboxylic acids is 2. The van der Waals surface area contributed by atoms with Gasteiger partial charge in [0.15, 0.2) is 5.78 Å². The summed E-state index contributed by atoms with van der Waals surface area (Å²) in [5, 5.41) is 1.14. The first-order valence-corrected chi connectivity index (χ1v) is 10.3. The molecule has 0 radical (unpaired) electrons. The van der Waals surface area contributed by atoms with Crippen LogP contribution in [0.4, 0.5) is 0 Å². The Hall–Kier alpha value is -1.64. The molecular weight excluding hydrogens is 379 g/mol. The van der Waals surface area contributed by atoms with Gasteiger partial charge in [0.2, 0.25) is 0 Å². The van der Waals surface area contributed by atoms with Gasteiger partial charge in [0.05, 0.1) is 0 Å². The van der Waals surface area contributed by atoms with Crippen molar-refractivity contribution in [3.63, 3.8) is 0 Å². The predicted molar refractivity (Wildman–Crippen MR) is 110 cm³/mol. The molecule has 0 saturated heterocycles. The minimum absolute atomic E-state index is 0.0735. The molecule has 0 heterocycles. The molecule has 4 heteroatoms. The van der Waals surface area contributed by atoms with Crippen molar-refractivity contribution in [3.05, 3.63) is 57.6 Å².